The van der Waals surface area contributed by atoms with Crippen molar-refractivity contribution in [2.45, 2.75) is 45.7 Å². The molecule has 2 amide bonds. The van der Waals surface area contributed by atoms with Crippen molar-refractivity contribution in [1.82, 2.24) is 9.80 Å². The summed E-state index contributed by atoms with van der Waals surface area (Å²) in [5.41, 5.74) is 2.95. The van der Waals surface area contributed by atoms with Crippen molar-refractivity contribution in [2.75, 3.05) is 13.1 Å². The Bertz CT molecular complexity index is 788. The van der Waals surface area contributed by atoms with Gasteiger partial charge < -0.3 is 9.80 Å². The molecule has 4 nitrogen and oxygen atoms in total. The van der Waals surface area contributed by atoms with Crippen LogP contribution in [0.3, 0.4) is 0 Å². The van der Waals surface area contributed by atoms with Crippen molar-refractivity contribution in [1.29, 1.82) is 0 Å². The van der Waals surface area contributed by atoms with Crippen molar-refractivity contribution in [2.24, 2.45) is 0 Å². The van der Waals surface area contributed by atoms with Gasteiger partial charge in [0.1, 0.15) is 0 Å². The largest absolute Gasteiger partial charge is 0.336 e. The number of benzene rings is 2. The number of carbonyl (C=O) groups is 2. The van der Waals surface area contributed by atoms with Crippen LogP contribution >= 0.6 is 0 Å². The molecular weight excluding hydrogens is 336 g/mol. The molecule has 4 heteroatoms. The quantitative estimate of drug-likeness (QED) is 0.807. The average molecular weight is 364 g/mol. The first-order valence-electron chi connectivity index (χ1n) is 9.84. The van der Waals surface area contributed by atoms with Gasteiger partial charge in [-0.1, -0.05) is 62.4 Å². The van der Waals surface area contributed by atoms with Gasteiger partial charge in [-0.25, -0.2) is 0 Å². The number of hydrogen-bond donors (Lipinski definition) is 0. The fourth-order valence-corrected chi connectivity index (χ4v) is 3.76. The van der Waals surface area contributed by atoms with Crippen molar-refractivity contribution < 1.29 is 9.59 Å². The molecule has 1 aliphatic heterocycles. The molecule has 0 unspecified atom stereocenters. The molecule has 1 fully saturated rings. The lowest BCUT2D eigenvalue weighted by Crippen LogP contribution is -2.43. The number of amides is 2. The highest BCUT2D eigenvalue weighted by atomic mass is 16.2. The third-order valence-corrected chi connectivity index (χ3v) is 5.37. The number of carbonyl (C=O) groups excluding carboxylic acids is 2. The minimum atomic E-state index is 0.0398. The molecule has 0 radical (unpaired) electrons. The highest BCUT2D eigenvalue weighted by molar-refractivity contribution is 5.96. The third kappa shape index (κ3) is 4.38. The first kappa shape index (κ1) is 19.2. The number of rotatable bonds is 5. The molecule has 0 saturated carbocycles. The first-order valence-corrected chi connectivity index (χ1v) is 9.84. The lowest BCUT2D eigenvalue weighted by molar-refractivity contribution is -0.133. The van der Waals surface area contributed by atoms with E-state index in [1.54, 1.807) is 0 Å². The maximum atomic E-state index is 13.2. The Balaban J connectivity index is 1.81. The van der Waals surface area contributed by atoms with E-state index in [9.17, 15) is 9.59 Å². The maximum Gasteiger partial charge on any atom is 0.254 e. The summed E-state index contributed by atoms with van der Waals surface area (Å²) in [6.45, 7) is 5.83. The molecule has 2 aromatic carbocycles. The van der Waals surface area contributed by atoms with Crippen LogP contribution in [0.1, 0.15) is 48.2 Å². The van der Waals surface area contributed by atoms with E-state index in [2.05, 4.69) is 13.8 Å². The third-order valence-electron chi connectivity index (χ3n) is 5.37. The van der Waals surface area contributed by atoms with Crippen LogP contribution in [0.5, 0.6) is 0 Å². The van der Waals surface area contributed by atoms with Crippen LogP contribution < -0.4 is 0 Å². The van der Waals surface area contributed by atoms with Crippen molar-refractivity contribution in [3.8, 4) is 0 Å². The van der Waals surface area contributed by atoms with Crippen LogP contribution in [0.2, 0.25) is 0 Å². The molecule has 0 bridgehead atoms. The van der Waals surface area contributed by atoms with Gasteiger partial charge in [0.05, 0.1) is 0 Å². The van der Waals surface area contributed by atoms with Gasteiger partial charge in [0.2, 0.25) is 5.91 Å². The van der Waals surface area contributed by atoms with E-state index in [-0.39, 0.29) is 17.9 Å². The molecule has 1 aliphatic rings. The van der Waals surface area contributed by atoms with Gasteiger partial charge in [-0.2, -0.15) is 0 Å². The lowest BCUT2D eigenvalue weighted by Gasteiger charge is -2.31. The first-order chi connectivity index (χ1) is 13.1. The van der Waals surface area contributed by atoms with Gasteiger partial charge in [0.25, 0.3) is 5.91 Å². The van der Waals surface area contributed by atoms with E-state index in [0.717, 1.165) is 29.5 Å². The fourth-order valence-electron chi connectivity index (χ4n) is 3.76. The number of hydrogen-bond acceptors (Lipinski definition) is 2. The molecule has 2 aromatic rings. The normalized spacial score (nSPS) is 17.7. The standard InChI is InChI=1S/C23H28N2O2/c1-3-19-12-8-9-13-21(19)23(27)24-15-14-22(26)25(20(4-2)17-24)16-18-10-6-5-7-11-18/h5-13,20H,3-4,14-17H2,1-2H3/t20-/m1/s1. The predicted octanol–water partition coefficient (Wildman–Crippen LogP) is 3.90. The molecule has 142 valence electrons. The highest BCUT2D eigenvalue weighted by Gasteiger charge is 2.31. The van der Waals surface area contributed by atoms with Gasteiger partial charge in [-0.05, 0) is 30.0 Å². The summed E-state index contributed by atoms with van der Waals surface area (Å²) in [7, 11) is 0. The van der Waals surface area contributed by atoms with Gasteiger partial charge in [0.15, 0.2) is 0 Å². The molecule has 1 saturated heterocycles. The summed E-state index contributed by atoms with van der Waals surface area (Å²) in [5, 5.41) is 0. The summed E-state index contributed by atoms with van der Waals surface area (Å²) in [6.07, 6.45) is 2.03. The Morgan fingerprint density at radius 3 is 2.44 bits per heavy atom. The number of aryl methyl sites for hydroxylation is 1. The SMILES string of the molecule is CCc1ccccc1C(=O)N1CCC(=O)N(Cc2ccccc2)[C@H](CC)C1. The maximum absolute atomic E-state index is 13.2. The van der Waals surface area contributed by atoms with E-state index < -0.39 is 0 Å². The van der Waals surface area contributed by atoms with Crippen LogP contribution in [0.25, 0.3) is 0 Å². The van der Waals surface area contributed by atoms with Crippen LogP contribution in [-0.4, -0.2) is 40.7 Å². The minimum absolute atomic E-state index is 0.0398. The molecule has 0 aliphatic carbocycles. The van der Waals surface area contributed by atoms with Crippen LogP contribution in [0.4, 0.5) is 0 Å². The average Bonchev–Trinajstić information content (AvgIpc) is 2.87. The van der Waals surface area contributed by atoms with Crippen molar-refractivity contribution >= 4 is 11.8 Å². The van der Waals surface area contributed by atoms with Crippen LogP contribution in [0, 0.1) is 0 Å². The molecule has 0 N–H and O–H groups in total. The Morgan fingerprint density at radius 2 is 1.74 bits per heavy atom. The Labute approximate surface area is 161 Å². The van der Waals surface area contributed by atoms with E-state index in [4.69, 9.17) is 0 Å². The zero-order valence-corrected chi connectivity index (χ0v) is 16.2. The fraction of sp³-hybridized carbons (Fsp3) is 0.391. The number of nitrogens with zero attached hydrogens (tertiary/aromatic N) is 2. The summed E-state index contributed by atoms with van der Waals surface area (Å²) in [4.78, 5) is 29.8. The second-order valence-corrected chi connectivity index (χ2v) is 7.08. The molecule has 3 rings (SSSR count). The van der Waals surface area contributed by atoms with Crippen molar-refractivity contribution in [3.63, 3.8) is 0 Å². The van der Waals surface area contributed by atoms with Crippen molar-refractivity contribution in [3.05, 3.63) is 71.3 Å². The van der Waals surface area contributed by atoms with Gasteiger partial charge in [0, 0.05) is 37.7 Å². The second-order valence-electron chi connectivity index (χ2n) is 7.08. The minimum Gasteiger partial charge on any atom is -0.336 e. The Hall–Kier alpha value is -2.62. The zero-order chi connectivity index (χ0) is 19.2. The monoisotopic (exact) mass is 364 g/mol. The van der Waals surface area contributed by atoms with Crippen LogP contribution in [-0.2, 0) is 17.8 Å². The second kappa shape index (κ2) is 8.85. The van der Waals surface area contributed by atoms with E-state index in [0.29, 0.717) is 26.1 Å². The van der Waals surface area contributed by atoms with E-state index in [1.807, 2.05) is 64.4 Å². The lowest BCUT2D eigenvalue weighted by atomic mass is 10.0. The summed E-state index contributed by atoms with van der Waals surface area (Å²) in [5.74, 6) is 0.171. The Morgan fingerprint density at radius 1 is 1.04 bits per heavy atom. The Kier molecular flexibility index (Phi) is 6.28. The van der Waals surface area contributed by atoms with Gasteiger partial charge >= 0.3 is 0 Å². The van der Waals surface area contributed by atoms with E-state index >= 15 is 0 Å². The topological polar surface area (TPSA) is 40.6 Å². The predicted molar refractivity (Wildman–Crippen MR) is 107 cm³/mol. The molecule has 0 spiro atoms. The van der Waals surface area contributed by atoms with Gasteiger partial charge in [-0.15, -0.1) is 0 Å². The molecule has 1 heterocycles. The van der Waals surface area contributed by atoms with Crippen LogP contribution in [0.15, 0.2) is 54.6 Å². The molecule has 27 heavy (non-hydrogen) atoms. The smallest absolute Gasteiger partial charge is 0.254 e. The van der Waals surface area contributed by atoms with Gasteiger partial charge in [-0.3, -0.25) is 9.59 Å². The molecule has 1 atom stereocenters. The molecule has 0 aromatic heterocycles. The summed E-state index contributed by atoms with van der Waals surface area (Å²) >= 11 is 0. The summed E-state index contributed by atoms with van der Waals surface area (Å²) < 4.78 is 0. The highest BCUT2D eigenvalue weighted by Crippen LogP contribution is 2.20. The summed E-state index contributed by atoms with van der Waals surface area (Å²) in [6, 6.07) is 17.9. The molecular formula is C23H28N2O2. The van der Waals surface area contributed by atoms with E-state index in [1.165, 1.54) is 0 Å². The zero-order valence-electron chi connectivity index (χ0n) is 16.2.